The molecule has 0 aliphatic carbocycles. The molecular weight excluding hydrogens is 328 g/mol. The van der Waals surface area contributed by atoms with Gasteiger partial charge in [-0.1, -0.05) is 25.5 Å². The monoisotopic (exact) mass is 356 g/mol. The number of carbonyl (C=O) groups is 1. The lowest BCUT2D eigenvalue weighted by atomic mass is 10.1. The van der Waals surface area contributed by atoms with Crippen LogP contribution in [0.1, 0.15) is 54.0 Å². The van der Waals surface area contributed by atoms with Crippen molar-refractivity contribution in [2.24, 2.45) is 0 Å². The Hall–Kier alpha value is -2.34. The lowest BCUT2D eigenvalue weighted by Gasteiger charge is -2.28. The molecule has 0 saturated carbocycles. The predicted octanol–water partition coefficient (Wildman–Crippen LogP) is 2.94. The Kier molecular flexibility index (Phi) is 6.28. The zero-order valence-electron chi connectivity index (χ0n) is 15.6. The molecule has 0 spiro atoms. The van der Waals surface area contributed by atoms with Crippen molar-refractivity contribution in [1.29, 1.82) is 0 Å². The van der Waals surface area contributed by atoms with Crippen molar-refractivity contribution >= 4 is 5.91 Å². The van der Waals surface area contributed by atoms with Crippen LogP contribution in [-0.4, -0.2) is 47.7 Å². The summed E-state index contributed by atoms with van der Waals surface area (Å²) < 4.78 is 5.26. The number of hydrogen-bond acceptors (Lipinski definition) is 4. The minimum absolute atomic E-state index is 0.124. The van der Waals surface area contributed by atoms with Crippen LogP contribution in [0.2, 0.25) is 0 Å². The first-order chi connectivity index (χ1) is 12.7. The molecule has 3 rings (SSSR count). The van der Waals surface area contributed by atoms with Crippen LogP contribution in [0.3, 0.4) is 0 Å². The number of carbonyl (C=O) groups excluding carboxylic acids is 1. The Labute approximate surface area is 154 Å². The van der Waals surface area contributed by atoms with Crippen molar-refractivity contribution in [2.75, 3.05) is 26.7 Å². The minimum atomic E-state index is -0.124. The molecule has 1 saturated heterocycles. The second-order valence-corrected chi connectivity index (χ2v) is 6.77. The van der Waals surface area contributed by atoms with Gasteiger partial charge in [0.25, 0.3) is 5.91 Å². The van der Waals surface area contributed by atoms with Gasteiger partial charge in [0, 0.05) is 12.2 Å². The van der Waals surface area contributed by atoms with E-state index >= 15 is 0 Å². The van der Waals surface area contributed by atoms with E-state index in [1.54, 1.807) is 7.11 Å². The van der Waals surface area contributed by atoms with Crippen LogP contribution >= 0.6 is 0 Å². The first-order valence-electron chi connectivity index (χ1n) is 9.41. The average molecular weight is 356 g/mol. The van der Waals surface area contributed by atoms with Gasteiger partial charge in [0.15, 0.2) is 0 Å². The third-order valence-electron chi connectivity index (χ3n) is 4.92. The number of H-pyrrole nitrogens is 1. The van der Waals surface area contributed by atoms with Crippen molar-refractivity contribution in [3.8, 4) is 5.75 Å². The highest BCUT2D eigenvalue weighted by atomic mass is 16.5. The molecule has 140 valence electrons. The van der Waals surface area contributed by atoms with Crippen molar-refractivity contribution in [3.63, 3.8) is 0 Å². The molecule has 0 radical (unpaired) electrons. The normalized spacial score (nSPS) is 15.8. The smallest absolute Gasteiger partial charge is 0.271 e. The van der Waals surface area contributed by atoms with Gasteiger partial charge in [-0.3, -0.25) is 14.8 Å². The highest BCUT2D eigenvalue weighted by molar-refractivity contribution is 5.92. The van der Waals surface area contributed by atoms with Gasteiger partial charge in [-0.15, -0.1) is 0 Å². The number of nitrogens with one attached hydrogen (secondary N) is 2. The summed E-state index contributed by atoms with van der Waals surface area (Å²) >= 11 is 0. The SMILES string of the molecule is CCCc1cc(C(=O)NCC(c2ccc(OC)cc2)N2CCCC2)n[nH]1. The Morgan fingerprint density at radius 2 is 2.04 bits per heavy atom. The molecule has 2 heterocycles. The van der Waals surface area contributed by atoms with Crippen LogP contribution in [0.15, 0.2) is 30.3 Å². The summed E-state index contributed by atoms with van der Waals surface area (Å²) in [5, 5.41) is 10.1. The van der Waals surface area contributed by atoms with Crippen LogP contribution in [0.5, 0.6) is 5.75 Å². The summed E-state index contributed by atoms with van der Waals surface area (Å²) in [5.41, 5.74) is 2.66. The molecule has 2 aromatic rings. The number of rotatable bonds is 8. The molecule has 1 fully saturated rings. The van der Waals surface area contributed by atoms with Crippen molar-refractivity contribution in [1.82, 2.24) is 20.4 Å². The van der Waals surface area contributed by atoms with E-state index in [1.165, 1.54) is 18.4 Å². The molecule has 26 heavy (non-hydrogen) atoms. The largest absolute Gasteiger partial charge is 0.497 e. The molecule has 6 heteroatoms. The van der Waals surface area contributed by atoms with Gasteiger partial charge in [0.2, 0.25) is 0 Å². The van der Waals surface area contributed by atoms with Crippen molar-refractivity contribution < 1.29 is 9.53 Å². The van der Waals surface area contributed by atoms with Gasteiger partial charge in [-0.2, -0.15) is 5.10 Å². The number of benzene rings is 1. The molecule has 0 bridgehead atoms. The maximum atomic E-state index is 12.5. The van der Waals surface area contributed by atoms with E-state index in [4.69, 9.17) is 4.74 Å². The lowest BCUT2D eigenvalue weighted by molar-refractivity contribution is 0.0933. The number of aromatic amines is 1. The second kappa shape index (κ2) is 8.85. The fourth-order valence-corrected chi connectivity index (χ4v) is 3.49. The third kappa shape index (κ3) is 4.43. The molecular formula is C20H28N4O2. The summed E-state index contributed by atoms with van der Waals surface area (Å²) in [6.45, 7) is 4.81. The van der Waals surface area contributed by atoms with E-state index in [9.17, 15) is 4.79 Å². The van der Waals surface area contributed by atoms with E-state index < -0.39 is 0 Å². The first kappa shape index (κ1) is 18.5. The number of hydrogen-bond donors (Lipinski definition) is 2. The molecule has 1 aromatic carbocycles. The van der Waals surface area contributed by atoms with Gasteiger partial charge in [-0.25, -0.2) is 0 Å². The van der Waals surface area contributed by atoms with Crippen LogP contribution < -0.4 is 10.1 Å². The van der Waals surface area contributed by atoms with Gasteiger partial charge >= 0.3 is 0 Å². The maximum Gasteiger partial charge on any atom is 0.271 e. The number of nitrogens with zero attached hydrogens (tertiary/aromatic N) is 2. The van der Waals surface area contributed by atoms with Crippen molar-refractivity contribution in [3.05, 3.63) is 47.3 Å². The van der Waals surface area contributed by atoms with Gasteiger partial charge < -0.3 is 10.1 Å². The molecule has 1 aliphatic heterocycles. The topological polar surface area (TPSA) is 70.2 Å². The molecule has 1 amide bonds. The van der Waals surface area contributed by atoms with E-state index in [0.717, 1.165) is 37.4 Å². The maximum absolute atomic E-state index is 12.5. The summed E-state index contributed by atoms with van der Waals surface area (Å²) in [6.07, 6.45) is 4.35. The fourth-order valence-electron chi connectivity index (χ4n) is 3.49. The van der Waals surface area contributed by atoms with Gasteiger partial charge in [-0.05, 0) is 56.1 Å². The van der Waals surface area contributed by atoms with E-state index in [2.05, 4.69) is 39.5 Å². The van der Waals surface area contributed by atoms with Crippen LogP contribution in [-0.2, 0) is 6.42 Å². The molecule has 1 atom stereocenters. The Morgan fingerprint density at radius 3 is 2.69 bits per heavy atom. The first-order valence-corrected chi connectivity index (χ1v) is 9.41. The fraction of sp³-hybridized carbons (Fsp3) is 0.500. The molecule has 1 aliphatic rings. The van der Waals surface area contributed by atoms with E-state index in [0.29, 0.717) is 12.2 Å². The third-order valence-corrected chi connectivity index (χ3v) is 4.92. The predicted molar refractivity (Wildman–Crippen MR) is 101 cm³/mol. The van der Waals surface area contributed by atoms with E-state index in [1.807, 2.05) is 18.2 Å². The zero-order valence-corrected chi connectivity index (χ0v) is 15.6. The van der Waals surface area contributed by atoms with E-state index in [-0.39, 0.29) is 11.9 Å². The van der Waals surface area contributed by atoms with Gasteiger partial charge in [0.1, 0.15) is 11.4 Å². The Morgan fingerprint density at radius 1 is 1.31 bits per heavy atom. The number of amides is 1. The quantitative estimate of drug-likeness (QED) is 0.763. The number of likely N-dealkylation sites (tertiary alicyclic amines) is 1. The summed E-state index contributed by atoms with van der Waals surface area (Å²) in [5.74, 6) is 0.722. The lowest BCUT2D eigenvalue weighted by Crippen LogP contribution is -2.36. The van der Waals surface area contributed by atoms with Crippen LogP contribution in [0.25, 0.3) is 0 Å². The number of aryl methyl sites for hydroxylation is 1. The molecule has 6 nitrogen and oxygen atoms in total. The van der Waals surface area contributed by atoms with Crippen LogP contribution in [0, 0.1) is 0 Å². The summed E-state index contributed by atoms with van der Waals surface area (Å²) in [6, 6.07) is 10.1. The highest BCUT2D eigenvalue weighted by Gasteiger charge is 2.24. The minimum Gasteiger partial charge on any atom is -0.497 e. The van der Waals surface area contributed by atoms with Crippen molar-refractivity contribution in [2.45, 2.75) is 38.6 Å². The number of ether oxygens (including phenoxy) is 1. The summed E-state index contributed by atoms with van der Waals surface area (Å²) in [7, 11) is 1.67. The zero-order chi connectivity index (χ0) is 18.4. The molecule has 2 N–H and O–H groups in total. The number of aromatic nitrogens is 2. The summed E-state index contributed by atoms with van der Waals surface area (Å²) in [4.78, 5) is 14.9. The average Bonchev–Trinajstić information content (AvgIpc) is 3.35. The number of methoxy groups -OCH3 is 1. The highest BCUT2D eigenvalue weighted by Crippen LogP contribution is 2.26. The standard InChI is InChI=1S/C20H28N4O2/c1-3-6-16-13-18(23-22-16)20(25)21-14-19(24-11-4-5-12-24)15-7-9-17(26-2)10-8-15/h7-10,13,19H,3-6,11-12,14H2,1-2H3,(H,21,25)(H,22,23). The Balaban J connectivity index is 1.67. The van der Waals surface area contributed by atoms with Crippen LogP contribution in [0.4, 0.5) is 0 Å². The molecule has 1 aromatic heterocycles. The van der Waals surface area contributed by atoms with Gasteiger partial charge in [0.05, 0.1) is 13.2 Å². The second-order valence-electron chi connectivity index (χ2n) is 6.77. The Bertz CT molecular complexity index is 705. The molecule has 1 unspecified atom stereocenters.